The maximum absolute atomic E-state index is 12.2. The second kappa shape index (κ2) is 3.94. The van der Waals surface area contributed by atoms with E-state index in [4.69, 9.17) is 0 Å². The predicted octanol–water partition coefficient (Wildman–Crippen LogP) is 1.04. The average molecular weight is 281 g/mol. The van der Waals surface area contributed by atoms with Crippen LogP contribution < -0.4 is 0 Å². The van der Waals surface area contributed by atoms with Gasteiger partial charge in [-0.15, -0.1) is 0 Å². The zero-order valence-corrected chi connectivity index (χ0v) is 9.87. The van der Waals surface area contributed by atoms with Crippen LogP contribution in [0.4, 0.5) is 13.2 Å². The number of nitrogens with zero attached hydrogens (tertiary/aromatic N) is 1. The van der Waals surface area contributed by atoms with E-state index < -0.39 is 34.2 Å². The van der Waals surface area contributed by atoms with Crippen molar-refractivity contribution in [3.05, 3.63) is 35.9 Å². The lowest BCUT2D eigenvalue weighted by Gasteiger charge is -2.45. The fourth-order valence-electron chi connectivity index (χ4n) is 1.78. The molecule has 100 valence electrons. The number of β-amino-alcohol motifs (C(OH)–C–C–N with tert-alkyl or cyclic N) is 1. The number of halogens is 3. The minimum atomic E-state index is -5.35. The molecule has 0 aliphatic carbocycles. The molecule has 1 N–H and O–H groups in total. The number of hydrogen-bond donors (Lipinski definition) is 1. The van der Waals surface area contributed by atoms with Crippen molar-refractivity contribution in [3.63, 3.8) is 0 Å². The van der Waals surface area contributed by atoms with Gasteiger partial charge in [0.1, 0.15) is 5.60 Å². The summed E-state index contributed by atoms with van der Waals surface area (Å²) in [6.07, 6.45) is 0. The third-order valence-corrected chi connectivity index (χ3v) is 4.34. The molecular formula is C10H10F3NO3S. The molecule has 0 unspecified atom stereocenters. The van der Waals surface area contributed by atoms with Crippen molar-refractivity contribution in [1.29, 1.82) is 0 Å². The molecule has 1 aromatic carbocycles. The van der Waals surface area contributed by atoms with Gasteiger partial charge >= 0.3 is 15.5 Å². The molecule has 1 aliphatic heterocycles. The van der Waals surface area contributed by atoms with Gasteiger partial charge in [0.2, 0.25) is 0 Å². The van der Waals surface area contributed by atoms with E-state index in [0.717, 1.165) is 0 Å². The monoisotopic (exact) mass is 281 g/mol. The molecule has 0 amide bonds. The quantitative estimate of drug-likeness (QED) is 0.881. The van der Waals surface area contributed by atoms with Crippen LogP contribution in [0.25, 0.3) is 0 Å². The Balaban J connectivity index is 2.16. The molecule has 1 aromatic rings. The molecule has 0 saturated carbocycles. The van der Waals surface area contributed by atoms with E-state index in [2.05, 4.69) is 0 Å². The van der Waals surface area contributed by atoms with Gasteiger partial charge in [0.05, 0.1) is 0 Å². The van der Waals surface area contributed by atoms with Crippen LogP contribution in [0.2, 0.25) is 0 Å². The first-order valence-corrected chi connectivity index (χ1v) is 6.45. The molecule has 1 fully saturated rings. The summed E-state index contributed by atoms with van der Waals surface area (Å²) in [6, 6.07) is 8.01. The summed E-state index contributed by atoms with van der Waals surface area (Å²) in [4.78, 5) is 0. The lowest BCUT2D eigenvalue weighted by Crippen LogP contribution is -2.63. The normalized spacial score (nSPS) is 20.4. The third-order valence-electron chi connectivity index (χ3n) is 2.82. The summed E-state index contributed by atoms with van der Waals surface area (Å²) in [5.41, 5.74) is -6.47. The van der Waals surface area contributed by atoms with Gasteiger partial charge in [0.25, 0.3) is 0 Å². The molecule has 0 aromatic heterocycles. The first kappa shape index (κ1) is 13.3. The van der Waals surface area contributed by atoms with Gasteiger partial charge in [0, 0.05) is 13.1 Å². The molecule has 1 heterocycles. The van der Waals surface area contributed by atoms with E-state index in [9.17, 15) is 26.7 Å². The van der Waals surface area contributed by atoms with Crippen molar-refractivity contribution in [2.24, 2.45) is 0 Å². The highest BCUT2D eigenvalue weighted by molar-refractivity contribution is 7.90. The van der Waals surface area contributed by atoms with Crippen molar-refractivity contribution in [2.45, 2.75) is 11.1 Å². The van der Waals surface area contributed by atoms with Crippen LogP contribution >= 0.6 is 0 Å². The largest absolute Gasteiger partial charge is 0.511 e. The smallest absolute Gasteiger partial charge is 0.382 e. The Labute approximate surface area is 102 Å². The highest BCUT2D eigenvalue weighted by atomic mass is 32.2. The molecular weight excluding hydrogens is 271 g/mol. The second-order valence-electron chi connectivity index (χ2n) is 4.12. The lowest BCUT2D eigenvalue weighted by atomic mass is 9.88. The summed E-state index contributed by atoms with van der Waals surface area (Å²) >= 11 is 0. The average Bonchev–Trinajstić information content (AvgIpc) is 2.24. The van der Waals surface area contributed by atoms with Crippen molar-refractivity contribution < 1.29 is 26.7 Å². The van der Waals surface area contributed by atoms with Gasteiger partial charge in [-0.2, -0.15) is 17.5 Å². The van der Waals surface area contributed by atoms with Crippen molar-refractivity contribution in [2.75, 3.05) is 13.1 Å². The SMILES string of the molecule is O=S(=O)(N1CC(O)(c2ccccc2)C1)C(F)(F)F. The standard InChI is InChI=1S/C10H10F3NO3S/c11-10(12,13)18(16,17)14-6-9(15,7-14)8-4-2-1-3-5-8/h1-5,15H,6-7H2. The van der Waals surface area contributed by atoms with E-state index in [1.807, 2.05) is 0 Å². The Morgan fingerprint density at radius 3 is 2.11 bits per heavy atom. The number of alkyl halides is 3. The number of sulfonamides is 1. The Morgan fingerprint density at radius 2 is 1.67 bits per heavy atom. The van der Waals surface area contributed by atoms with Gasteiger partial charge in [-0.05, 0) is 5.56 Å². The number of benzene rings is 1. The van der Waals surface area contributed by atoms with Gasteiger partial charge in [-0.25, -0.2) is 8.42 Å². The van der Waals surface area contributed by atoms with E-state index >= 15 is 0 Å². The summed E-state index contributed by atoms with van der Waals surface area (Å²) in [7, 11) is -5.35. The Morgan fingerprint density at radius 1 is 1.17 bits per heavy atom. The van der Waals surface area contributed by atoms with Crippen molar-refractivity contribution >= 4 is 10.0 Å². The van der Waals surface area contributed by atoms with Gasteiger partial charge in [0.15, 0.2) is 0 Å². The van der Waals surface area contributed by atoms with Gasteiger partial charge in [-0.1, -0.05) is 30.3 Å². The Kier molecular flexibility index (Phi) is 2.91. The molecule has 0 bridgehead atoms. The number of rotatable bonds is 2. The van der Waals surface area contributed by atoms with Gasteiger partial charge < -0.3 is 5.11 Å². The summed E-state index contributed by atoms with van der Waals surface area (Å²) in [5.74, 6) is 0. The van der Waals surface area contributed by atoms with Crippen molar-refractivity contribution in [3.8, 4) is 0 Å². The minimum Gasteiger partial charge on any atom is -0.382 e. The van der Waals surface area contributed by atoms with Crippen LogP contribution in [-0.4, -0.2) is 36.4 Å². The number of aliphatic hydroxyl groups is 1. The summed E-state index contributed by atoms with van der Waals surface area (Å²) in [5, 5.41) is 10.0. The van der Waals surface area contributed by atoms with Crippen LogP contribution in [0.5, 0.6) is 0 Å². The Hall–Kier alpha value is -1.12. The first-order chi connectivity index (χ1) is 8.17. The molecule has 18 heavy (non-hydrogen) atoms. The fraction of sp³-hybridized carbons (Fsp3) is 0.400. The van der Waals surface area contributed by atoms with Crippen LogP contribution in [0.15, 0.2) is 30.3 Å². The van der Waals surface area contributed by atoms with Crippen molar-refractivity contribution in [1.82, 2.24) is 4.31 Å². The van der Waals surface area contributed by atoms with E-state index in [1.165, 1.54) is 12.1 Å². The van der Waals surface area contributed by atoms with E-state index in [0.29, 0.717) is 5.56 Å². The highest BCUT2D eigenvalue weighted by Gasteiger charge is 2.57. The highest BCUT2D eigenvalue weighted by Crippen LogP contribution is 2.38. The van der Waals surface area contributed by atoms with E-state index in [-0.39, 0.29) is 4.31 Å². The first-order valence-electron chi connectivity index (χ1n) is 5.01. The summed E-state index contributed by atoms with van der Waals surface area (Å²) < 4.78 is 59.1. The van der Waals surface area contributed by atoms with E-state index in [1.54, 1.807) is 18.2 Å². The molecule has 1 saturated heterocycles. The van der Waals surface area contributed by atoms with Crippen LogP contribution in [-0.2, 0) is 15.6 Å². The van der Waals surface area contributed by atoms with Gasteiger partial charge in [-0.3, -0.25) is 0 Å². The second-order valence-corrected chi connectivity index (χ2v) is 6.05. The third kappa shape index (κ3) is 2.00. The molecule has 8 heteroatoms. The predicted molar refractivity (Wildman–Crippen MR) is 56.9 cm³/mol. The lowest BCUT2D eigenvalue weighted by molar-refractivity contribution is -0.0869. The van der Waals surface area contributed by atoms with Crippen LogP contribution in [0, 0.1) is 0 Å². The molecule has 0 radical (unpaired) electrons. The zero-order valence-electron chi connectivity index (χ0n) is 9.05. The molecule has 0 atom stereocenters. The molecule has 4 nitrogen and oxygen atoms in total. The maximum atomic E-state index is 12.2. The minimum absolute atomic E-state index is 0.222. The summed E-state index contributed by atoms with van der Waals surface area (Å²) in [6.45, 7) is -1.17. The van der Waals surface area contributed by atoms with Crippen LogP contribution in [0.3, 0.4) is 0 Å². The Bertz CT molecular complexity index is 535. The molecule has 0 spiro atoms. The fourth-order valence-corrected chi connectivity index (χ4v) is 2.84. The molecule has 2 rings (SSSR count). The van der Waals surface area contributed by atoms with Crippen LogP contribution in [0.1, 0.15) is 5.56 Å². The number of hydrogen-bond acceptors (Lipinski definition) is 3. The topological polar surface area (TPSA) is 57.6 Å². The molecule has 1 aliphatic rings. The zero-order chi connectivity index (χ0) is 13.6. The maximum Gasteiger partial charge on any atom is 0.511 e.